The number of nitrogens with zero attached hydrogens (tertiary/aromatic N) is 1. The van der Waals surface area contributed by atoms with Gasteiger partial charge in [-0.05, 0) is 0 Å². The molecule has 0 aliphatic rings. The number of hydrogen-bond donors (Lipinski definition) is 2. The van der Waals surface area contributed by atoms with E-state index < -0.39 is 0 Å². The first kappa shape index (κ1) is 8.95. The van der Waals surface area contributed by atoms with Crippen LogP contribution in [0.1, 0.15) is 5.69 Å². The van der Waals surface area contributed by atoms with Crippen LogP contribution >= 0.6 is 11.3 Å². The molecule has 0 unspecified atom stereocenters. The Bertz CT molecular complexity index is 274. The first-order valence-corrected chi connectivity index (χ1v) is 4.12. The molecule has 3 N–H and O–H groups in total. The smallest absolute Gasteiger partial charge is 0.249 e. The molecule has 1 heterocycles. The van der Waals surface area contributed by atoms with Gasteiger partial charge in [-0.3, -0.25) is 9.63 Å². The summed E-state index contributed by atoms with van der Waals surface area (Å²) in [4.78, 5) is 19.2. The van der Waals surface area contributed by atoms with Crippen LogP contribution in [0.5, 0.6) is 0 Å². The normalized spacial score (nSPS) is 9.75. The van der Waals surface area contributed by atoms with Crippen LogP contribution in [0.25, 0.3) is 0 Å². The lowest BCUT2D eigenvalue weighted by atomic mass is 10.3. The van der Waals surface area contributed by atoms with Crippen molar-refractivity contribution in [3.05, 3.63) is 11.1 Å². The maximum absolute atomic E-state index is 10.9. The average Bonchev–Trinajstić information content (AvgIpc) is 2.36. The second-order valence-corrected chi connectivity index (χ2v) is 2.97. The zero-order valence-electron chi connectivity index (χ0n) is 6.53. The Morgan fingerprint density at radius 3 is 3.17 bits per heavy atom. The minimum atomic E-state index is -0.234. The SMILES string of the molecule is CONC(=O)Cc1csc(N)n1. The monoisotopic (exact) mass is 187 g/mol. The lowest BCUT2D eigenvalue weighted by Gasteiger charge is -1.97. The number of carbonyl (C=O) groups excluding carboxylic acids is 1. The van der Waals surface area contributed by atoms with E-state index in [4.69, 9.17) is 5.73 Å². The Balaban J connectivity index is 2.46. The maximum Gasteiger partial charge on any atom is 0.249 e. The van der Waals surface area contributed by atoms with Gasteiger partial charge in [-0.1, -0.05) is 0 Å². The van der Waals surface area contributed by atoms with Crippen LogP contribution in [0, 0.1) is 0 Å². The molecule has 0 atom stereocenters. The molecule has 0 saturated heterocycles. The third kappa shape index (κ3) is 2.48. The fourth-order valence-corrected chi connectivity index (χ4v) is 1.28. The highest BCUT2D eigenvalue weighted by molar-refractivity contribution is 7.13. The first-order chi connectivity index (χ1) is 5.72. The van der Waals surface area contributed by atoms with E-state index in [0.29, 0.717) is 10.8 Å². The topological polar surface area (TPSA) is 77.2 Å². The second kappa shape index (κ2) is 4.03. The van der Waals surface area contributed by atoms with Crippen molar-refractivity contribution in [2.75, 3.05) is 12.8 Å². The summed E-state index contributed by atoms with van der Waals surface area (Å²) in [6, 6.07) is 0. The molecule has 0 saturated carbocycles. The van der Waals surface area contributed by atoms with Gasteiger partial charge < -0.3 is 5.73 Å². The Labute approximate surface area is 73.5 Å². The van der Waals surface area contributed by atoms with Gasteiger partial charge in [0.05, 0.1) is 19.2 Å². The minimum absolute atomic E-state index is 0.196. The molecule has 0 aliphatic carbocycles. The van der Waals surface area contributed by atoms with Crippen LogP contribution in [0.4, 0.5) is 5.13 Å². The third-order valence-electron chi connectivity index (χ3n) is 1.13. The summed E-state index contributed by atoms with van der Waals surface area (Å²) in [6.07, 6.45) is 0.196. The minimum Gasteiger partial charge on any atom is -0.375 e. The molecular formula is C6H9N3O2S. The van der Waals surface area contributed by atoms with Crippen LogP contribution in [0.3, 0.4) is 0 Å². The van der Waals surface area contributed by atoms with E-state index in [1.54, 1.807) is 5.38 Å². The van der Waals surface area contributed by atoms with Crippen molar-refractivity contribution in [2.24, 2.45) is 0 Å². The molecule has 1 aromatic heterocycles. The van der Waals surface area contributed by atoms with E-state index in [1.165, 1.54) is 18.4 Å². The number of hydrogen-bond acceptors (Lipinski definition) is 5. The lowest BCUT2D eigenvalue weighted by molar-refractivity contribution is -0.130. The van der Waals surface area contributed by atoms with Gasteiger partial charge in [0.1, 0.15) is 0 Å². The van der Waals surface area contributed by atoms with E-state index in [9.17, 15) is 4.79 Å². The molecule has 0 aromatic carbocycles. The zero-order valence-corrected chi connectivity index (χ0v) is 7.35. The van der Waals surface area contributed by atoms with Gasteiger partial charge in [-0.25, -0.2) is 10.5 Å². The number of nitrogens with one attached hydrogen (secondary N) is 1. The fourth-order valence-electron chi connectivity index (χ4n) is 0.718. The maximum atomic E-state index is 10.9. The zero-order chi connectivity index (χ0) is 8.97. The lowest BCUT2D eigenvalue weighted by Crippen LogP contribution is -2.23. The summed E-state index contributed by atoms with van der Waals surface area (Å²) < 4.78 is 0. The standard InChI is InChI=1S/C6H9N3O2S/c1-11-9-5(10)2-4-3-12-6(7)8-4/h3H,2H2,1H3,(H2,7,8)(H,9,10). The largest absolute Gasteiger partial charge is 0.375 e. The third-order valence-corrected chi connectivity index (χ3v) is 1.85. The predicted molar refractivity (Wildman–Crippen MR) is 45.4 cm³/mol. The molecule has 0 radical (unpaired) electrons. The molecule has 1 rings (SSSR count). The van der Waals surface area contributed by atoms with E-state index in [-0.39, 0.29) is 12.3 Å². The predicted octanol–water partition coefficient (Wildman–Crippen LogP) is -0.0546. The van der Waals surface area contributed by atoms with Gasteiger partial charge in [0.25, 0.3) is 0 Å². The van der Waals surface area contributed by atoms with Crippen LogP contribution in [-0.4, -0.2) is 18.0 Å². The van der Waals surface area contributed by atoms with Gasteiger partial charge in [-0.15, -0.1) is 11.3 Å². The number of carbonyl (C=O) groups is 1. The molecule has 1 amide bonds. The summed E-state index contributed by atoms with van der Waals surface area (Å²) in [5, 5.41) is 2.21. The number of aromatic nitrogens is 1. The molecule has 12 heavy (non-hydrogen) atoms. The highest BCUT2D eigenvalue weighted by Gasteiger charge is 2.05. The molecule has 0 bridgehead atoms. The molecular weight excluding hydrogens is 178 g/mol. The van der Waals surface area contributed by atoms with Crippen molar-refractivity contribution in [3.8, 4) is 0 Å². The van der Waals surface area contributed by atoms with Gasteiger partial charge >= 0.3 is 0 Å². The van der Waals surface area contributed by atoms with Gasteiger partial charge in [-0.2, -0.15) is 0 Å². The Morgan fingerprint density at radius 2 is 2.67 bits per heavy atom. The van der Waals surface area contributed by atoms with Gasteiger partial charge in [0, 0.05) is 5.38 Å². The van der Waals surface area contributed by atoms with Crippen molar-refractivity contribution in [3.63, 3.8) is 0 Å². The van der Waals surface area contributed by atoms with Crippen LogP contribution in [0.15, 0.2) is 5.38 Å². The molecule has 5 nitrogen and oxygen atoms in total. The van der Waals surface area contributed by atoms with Crippen molar-refractivity contribution < 1.29 is 9.63 Å². The van der Waals surface area contributed by atoms with Crippen molar-refractivity contribution in [1.29, 1.82) is 0 Å². The second-order valence-electron chi connectivity index (χ2n) is 2.08. The molecule has 0 spiro atoms. The number of nitrogen functional groups attached to an aromatic ring is 1. The summed E-state index contributed by atoms with van der Waals surface area (Å²) in [5.41, 5.74) is 8.22. The van der Waals surface area contributed by atoms with Gasteiger partial charge in [0.2, 0.25) is 5.91 Å². The number of nitrogens with two attached hydrogens (primary N) is 1. The number of rotatable bonds is 3. The van der Waals surface area contributed by atoms with Gasteiger partial charge in [0.15, 0.2) is 5.13 Å². The summed E-state index contributed by atoms with van der Waals surface area (Å²) >= 11 is 1.31. The summed E-state index contributed by atoms with van der Waals surface area (Å²) in [7, 11) is 1.38. The Hall–Kier alpha value is -1.14. The highest BCUT2D eigenvalue weighted by atomic mass is 32.1. The van der Waals surface area contributed by atoms with Crippen molar-refractivity contribution in [2.45, 2.75) is 6.42 Å². The number of thiazole rings is 1. The van der Waals surface area contributed by atoms with E-state index >= 15 is 0 Å². The van der Waals surface area contributed by atoms with Crippen molar-refractivity contribution >= 4 is 22.4 Å². The van der Waals surface area contributed by atoms with Crippen LogP contribution in [0.2, 0.25) is 0 Å². The fraction of sp³-hybridized carbons (Fsp3) is 0.333. The van der Waals surface area contributed by atoms with Crippen molar-refractivity contribution in [1.82, 2.24) is 10.5 Å². The summed E-state index contributed by atoms with van der Waals surface area (Å²) in [6.45, 7) is 0. The number of anilines is 1. The molecule has 0 fully saturated rings. The van der Waals surface area contributed by atoms with E-state index in [0.717, 1.165) is 0 Å². The molecule has 1 aromatic rings. The molecule has 0 aliphatic heterocycles. The van der Waals surface area contributed by atoms with Crippen LogP contribution < -0.4 is 11.2 Å². The van der Waals surface area contributed by atoms with E-state index in [2.05, 4.69) is 15.3 Å². The molecule has 66 valence electrons. The summed E-state index contributed by atoms with van der Waals surface area (Å²) in [5.74, 6) is -0.234. The van der Waals surface area contributed by atoms with Crippen LogP contribution in [-0.2, 0) is 16.1 Å². The first-order valence-electron chi connectivity index (χ1n) is 3.24. The molecule has 6 heteroatoms. The quantitative estimate of drug-likeness (QED) is 0.650. The van der Waals surface area contributed by atoms with E-state index in [1.807, 2.05) is 0 Å². The number of amides is 1. The Kier molecular flexibility index (Phi) is 3.01. The number of hydroxylamine groups is 1. The Morgan fingerprint density at radius 1 is 1.92 bits per heavy atom. The average molecular weight is 187 g/mol. The highest BCUT2D eigenvalue weighted by Crippen LogP contribution is 2.10.